The smallest absolute Gasteiger partial charge is 0.331 e. The Morgan fingerprint density at radius 1 is 1.00 bits per heavy atom. The average Bonchev–Trinajstić information content (AvgIpc) is 3.58. The average molecular weight is 486 g/mol. The van der Waals surface area contributed by atoms with Crippen molar-refractivity contribution in [1.82, 2.24) is 5.32 Å². The van der Waals surface area contributed by atoms with Gasteiger partial charge in [-0.25, -0.2) is 9.69 Å². The van der Waals surface area contributed by atoms with Crippen LogP contribution in [0, 0.1) is 11.8 Å². The third-order valence-electron chi connectivity index (χ3n) is 7.16. The first-order chi connectivity index (χ1) is 17.5. The summed E-state index contributed by atoms with van der Waals surface area (Å²) < 4.78 is 16.0. The minimum atomic E-state index is -1.61. The minimum absolute atomic E-state index is 0.0538. The molecule has 2 amide bonds. The highest BCUT2D eigenvalue weighted by Crippen LogP contribution is 2.54. The van der Waals surface area contributed by atoms with E-state index < -0.39 is 41.2 Å². The van der Waals surface area contributed by atoms with Gasteiger partial charge in [-0.15, -0.1) is 0 Å². The summed E-state index contributed by atoms with van der Waals surface area (Å²) in [6, 6.07) is 19.3. The van der Waals surface area contributed by atoms with Crippen LogP contribution in [0.15, 0.2) is 72.8 Å². The molecule has 0 aliphatic carbocycles. The van der Waals surface area contributed by atoms with Gasteiger partial charge in [0.15, 0.2) is 17.0 Å². The summed E-state index contributed by atoms with van der Waals surface area (Å²) in [4.78, 5) is 42.7. The van der Waals surface area contributed by atoms with Gasteiger partial charge in [0.05, 0.1) is 24.6 Å². The molecule has 0 saturated carbocycles. The summed E-state index contributed by atoms with van der Waals surface area (Å²) in [5, 5.41) is 13.1. The van der Waals surface area contributed by atoms with Crippen LogP contribution < -0.4 is 19.7 Å². The predicted octanol–water partition coefficient (Wildman–Crippen LogP) is 2.64. The van der Waals surface area contributed by atoms with E-state index in [1.165, 1.54) is 19.2 Å². The fraction of sp³-hybridized carbons (Fsp3) is 0.222. The molecule has 0 bridgehead atoms. The Bertz CT molecular complexity index is 1370. The van der Waals surface area contributed by atoms with Gasteiger partial charge in [-0.3, -0.25) is 14.9 Å². The molecule has 2 N–H and O–H groups in total. The molecule has 36 heavy (non-hydrogen) atoms. The van der Waals surface area contributed by atoms with Crippen molar-refractivity contribution in [2.75, 3.05) is 18.8 Å². The van der Waals surface area contributed by atoms with Crippen molar-refractivity contribution in [3.8, 4) is 17.2 Å². The van der Waals surface area contributed by atoms with Gasteiger partial charge in [0.1, 0.15) is 5.75 Å². The van der Waals surface area contributed by atoms with E-state index in [-0.39, 0.29) is 12.5 Å². The third-order valence-corrected chi connectivity index (χ3v) is 7.16. The Morgan fingerprint density at radius 2 is 1.72 bits per heavy atom. The Morgan fingerprint density at radius 3 is 2.44 bits per heavy atom. The molecule has 0 radical (unpaired) electrons. The number of anilines is 1. The van der Waals surface area contributed by atoms with E-state index in [0.29, 0.717) is 28.3 Å². The van der Waals surface area contributed by atoms with Gasteiger partial charge < -0.3 is 19.3 Å². The van der Waals surface area contributed by atoms with Gasteiger partial charge in [0.2, 0.25) is 18.6 Å². The molecule has 3 heterocycles. The molecule has 3 aliphatic heterocycles. The summed E-state index contributed by atoms with van der Waals surface area (Å²) in [7, 11) is 1.26. The number of ether oxygens (including phenoxy) is 3. The number of benzene rings is 3. The zero-order valence-electron chi connectivity index (χ0n) is 19.2. The number of phenols is 1. The molecule has 6 rings (SSSR count). The molecule has 2 fully saturated rings. The summed E-state index contributed by atoms with van der Waals surface area (Å²) in [6.07, 6.45) is 0. The molecule has 2 saturated heterocycles. The number of methoxy groups -OCH3 is 1. The maximum absolute atomic E-state index is 14.1. The van der Waals surface area contributed by atoms with Crippen LogP contribution in [0.1, 0.15) is 17.2 Å². The van der Waals surface area contributed by atoms with Gasteiger partial charge in [0.25, 0.3) is 0 Å². The minimum Gasteiger partial charge on any atom is -0.508 e. The van der Waals surface area contributed by atoms with Crippen molar-refractivity contribution in [3.05, 3.63) is 83.9 Å². The molecule has 3 aromatic rings. The van der Waals surface area contributed by atoms with Crippen molar-refractivity contribution >= 4 is 23.5 Å². The van der Waals surface area contributed by atoms with Crippen LogP contribution in [0.4, 0.5) is 5.69 Å². The van der Waals surface area contributed by atoms with Crippen LogP contribution in [0.2, 0.25) is 0 Å². The summed E-state index contributed by atoms with van der Waals surface area (Å²) in [5.41, 5.74) is -0.110. The quantitative estimate of drug-likeness (QED) is 0.427. The Hall–Kier alpha value is -4.37. The Kier molecular flexibility index (Phi) is 4.97. The second-order valence-electron chi connectivity index (χ2n) is 8.93. The maximum Gasteiger partial charge on any atom is 0.331 e. The second-order valence-corrected chi connectivity index (χ2v) is 8.93. The van der Waals surface area contributed by atoms with Crippen LogP contribution >= 0.6 is 0 Å². The van der Waals surface area contributed by atoms with Gasteiger partial charge in [0, 0.05) is 12.1 Å². The molecular formula is C27H22N2O7. The van der Waals surface area contributed by atoms with Gasteiger partial charge >= 0.3 is 5.97 Å². The first kappa shape index (κ1) is 22.1. The Balaban J connectivity index is 1.53. The number of rotatable bonds is 4. The van der Waals surface area contributed by atoms with Crippen molar-refractivity contribution in [1.29, 1.82) is 0 Å². The number of esters is 1. The number of fused-ring (bicyclic) bond motifs is 2. The number of hydrogen-bond acceptors (Lipinski definition) is 8. The molecule has 4 atom stereocenters. The lowest BCUT2D eigenvalue weighted by atomic mass is 9.75. The van der Waals surface area contributed by atoms with Gasteiger partial charge in [-0.1, -0.05) is 42.5 Å². The zero-order valence-corrected chi connectivity index (χ0v) is 19.2. The van der Waals surface area contributed by atoms with Crippen molar-refractivity contribution in [2.45, 2.75) is 11.6 Å². The van der Waals surface area contributed by atoms with E-state index in [1.54, 1.807) is 60.7 Å². The Labute approximate surface area is 206 Å². The summed E-state index contributed by atoms with van der Waals surface area (Å²) >= 11 is 0. The lowest BCUT2D eigenvalue weighted by Crippen LogP contribution is -2.53. The van der Waals surface area contributed by atoms with Gasteiger partial charge in [-0.2, -0.15) is 0 Å². The standard InChI is InChI=1S/C27H22N2O7/c1-34-26(33)27(16-5-3-2-4-6-16)22-21(23(28-27)15-7-10-18(30)11-8-15)24(31)29(25(22)32)17-9-12-19-20(13-17)36-14-35-19/h2-13,21-23,28,30H,14H2,1H3/t21-,22-,23-,27-/m1/s1. The predicted molar refractivity (Wildman–Crippen MR) is 126 cm³/mol. The topological polar surface area (TPSA) is 114 Å². The number of aromatic hydroxyl groups is 1. The van der Waals surface area contributed by atoms with Gasteiger partial charge in [-0.05, 0) is 35.4 Å². The first-order valence-corrected chi connectivity index (χ1v) is 11.4. The highest BCUT2D eigenvalue weighted by Gasteiger charge is 2.69. The normalized spacial score (nSPS) is 26.2. The molecule has 3 aliphatic rings. The van der Waals surface area contributed by atoms with Crippen LogP contribution in [-0.4, -0.2) is 36.8 Å². The molecule has 0 aromatic heterocycles. The number of phenolic OH excluding ortho intramolecular Hbond substituents is 1. The van der Waals surface area contributed by atoms with E-state index in [2.05, 4.69) is 5.32 Å². The number of carbonyl (C=O) groups is 3. The summed E-state index contributed by atoms with van der Waals surface area (Å²) in [5.74, 6) is -2.61. The van der Waals surface area contributed by atoms with Crippen LogP contribution in [0.5, 0.6) is 17.2 Å². The van der Waals surface area contributed by atoms with Crippen molar-refractivity contribution in [3.63, 3.8) is 0 Å². The van der Waals surface area contributed by atoms with E-state index in [4.69, 9.17) is 14.2 Å². The van der Waals surface area contributed by atoms with Crippen molar-refractivity contribution < 1.29 is 33.7 Å². The highest BCUT2D eigenvalue weighted by molar-refractivity contribution is 6.24. The molecule has 0 spiro atoms. The molecule has 9 nitrogen and oxygen atoms in total. The lowest BCUT2D eigenvalue weighted by molar-refractivity contribution is -0.152. The third kappa shape index (κ3) is 3.02. The maximum atomic E-state index is 14.1. The van der Waals surface area contributed by atoms with E-state index in [9.17, 15) is 19.5 Å². The largest absolute Gasteiger partial charge is 0.508 e. The van der Waals surface area contributed by atoms with Crippen molar-refractivity contribution in [2.24, 2.45) is 11.8 Å². The SMILES string of the molecule is COC(=O)[C@]1(c2ccccc2)N[C@H](c2ccc(O)cc2)[C@@H]2C(=O)N(c3ccc4c(c3)OCO4)C(=O)[C@@H]21. The molecule has 9 heteroatoms. The highest BCUT2D eigenvalue weighted by atomic mass is 16.7. The van der Waals surface area contributed by atoms with Crippen LogP contribution in [-0.2, 0) is 24.7 Å². The molecule has 0 unspecified atom stereocenters. The van der Waals surface area contributed by atoms with E-state index in [1.807, 2.05) is 0 Å². The molecular weight excluding hydrogens is 464 g/mol. The number of hydrogen-bond donors (Lipinski definition) is 2. The molecule has 3 aromatic carbocycles. The van der Waals surface area contributed by atoms with E-state index in [0.717, 1.165) is 4.90 Å². The fourth-order valence-corrected chi connectivity index (χ4v) is 5.59. The number of carbonyl (C=O) groups excluding carboxylic acids is 3. The monoisotopic (exact) mass is 486 g/mol. The van der Waals surface area contributed by atoms with Crippen LogP contribution in [0.3, 0.4) is 0 Å². The second kappa shape index (κ2) is 8.10. The summed E-state index contributed by atoms with van der Waals surface area (Å²) in [6.45, 7) is 0.0538. The lowest BCUT2D eigenvalue weighted by Gasteiger charge is -2.33. The van der Waals surface area contributed by atoms with E-state index >= 15 is 0 Å². The number of nitrogens with one attached hydrogen (secondary N) is 1. The number of nitrogens with zero attached hydrogens (tertiary/aromatic N) is 1. The zero-order chi connectivity index (χ0) is 25.0. The molecule has 182 valence electrons. The number of imide groups is 1. The first-order valence-electron chi connectivity index (χ1n) is 11.4. The fourth-order valence-electron chi connectivity index (χ4n) is 5.59. The number of amides is 2. The van der Waals surface area contributed by atoms with Crippen LogP contribution in [0.25, 0.3) is 0 Å².